The Morgan fingerprint density at radius 2 is 1.94 bits per heavy atom. The SMILES string of the molecule is CCNC(=NCCCc1nnc(SC)n1C1CCCC1)N1CCC(c2ccccc2)C1.I. The van der Waals surface area contributed by atoms with Crippen molar-refractivity contribution in [2.24, 2.45) is 4.99 Å². The lowest BCUT2D eigenvalue weighted by atomic mass is 9.99. The molecule has 2 aliphatic rings. The van der Waals surface area contributed by atoms with E-state index in [0.29, 0.717) is 12.0 Å². The van der Waals surface area contributed by atoms with Gasteiger partial charge < -0.3 is 14.8 Å². The van der Waals surface area contributed by atoms with E-state index in [0.717, 1.165) is 56.0 Å². The average Bonchev–Trinajstić information content (AvgIpc) is 3.57. The number of aliphatic imine (C=N–C) groups is 1. The highest BCUT2D eigenvalue weighted by molar-refractivity contribution is 14.0. The lowest BCUT2D eigenvalue weighted by molar-refractivity contribution is 0.460. The van der Waals surface area contributed by atoms with Crippen molar-refractivity contribution in [3.63, 3.8) is 0 Å². The van der Waals surface area contributed by atoms with Crippen LogP contribution < -0.4 is 5.32 Å². The summed E-state index contributed by atoms with van der Waals surface area (Å²) in [5.41, 5.74) is 1.44. The third-order valence-corrected chi connectivity index (χ3v) is 7.16. The number of nitrogens with one attached hydrogen (secondary N) is 1. The van der Waals surface area contributed by atoms with E-state index in [4.69, 9.17) is 4.99 Å². The van der Waals surface area contributed by atoms with Crippen LogP contribution in [0.25, 0.3) is 0 Å². The van der Waals surface area contributed by atoms with Crippen molar-refractivity contribution in [2.45, 2.75) is 69.0 Å². The van der Waals surface area contributed by atoms with E-state index in [2.05, 4.69) is 68.5 Å². The molecule has 1 N–H and O–H groups in total. The highest BCUT2D eigenvalue weighted by atomic mass is 127. The number of aryl methyl sites for hydroxylation is 1. The summed E-state index contributed by atoms with van der Waals surface area (Å²) in [7, 11) is 0. The molecule has 1 saturated heterocycles. The summed E-state index contributed by atoms with van der Waals surface area (Å²) in [5.74, 6) is 2.80. The Bertz CT molecular complexity index is 849. The molecule has 4 rings (SSSR count). The number of nitrogens with zero attached hydrogens (tertiary/aromatic N) is 5. The van der Waals surface area contributed by atoms with Crippen LogP contribution in [0.15, 0.2) is 40.5 Å². The first-order valence-corrected chi connectivity index (χ1v) is 13.1. The van der Waals surface area contributed by atoms with E-state index in [-0.39, 0.29) is 24.0 Å². The zero-order valence-electron chi connectivity index (χ0n) is 19.4. The standard InChI is InChI=1S/C24H36N6S.HI/c1-3-25-23(29-17-15-20(18-29)19-10-5-4-6-11-19)26-16-9-14-22-27-28-24(31-2)30(22)21-12-7-8-13-21;/h4-6,10-11,20-21H,3,7-9,12-18H2,1-2H3,(H,25,26);1H. The van der Waals surface area contributed by atoms with Gasteiger partial charge in [-0.3, -0.25) is 4.99 Å². The second-order valence-corrected chi connectivity index (χ2v) is 9.37. The monoisotopic (exact) mass is 568 g/mol. The molecule has 1 aliphatic heterocycles. The number of halogens is 1. The van der Waals surface area contributed by atoms with Crippen molar-refractivity contribution in [1.82, 2.24) is 25.0 Å². The Hall–Kier alpha value is -1.29. The Morgan fingerprint density at radius 1 is 1.16 bits per heavy atom. The molecule has 1 saturated carbocycles. The van der Waals surface area contributed by atoms with Crippen LogP contribution in [0.1, 0.15) is 68.8 Å². The molecule has 1 unspecified atom stereocenters. The first-order valence-electron chi connectivity index (χ1n) is 11.9. The van der Waals surface area contributed by atoms with Crippen LogP contribution in [0, 0.1) is 0 Å². The maximum Gasteiger partial charge on any atom is 0.193 e. The van der Waals surface area contributed by atoms with Crippen LogP contribution in [0.5, 0.6) is 0 Å². The van der Waals surface area contributed by atoms with Crippen LogP contribution in [-0.4, -0.2) is 58.1 Å². The van der Waals surface area contributed by atoms with Crippen LogP contribution in [0.4, 0.5) is 0 Å². The second kappa shape index (κ2) is 12.8. The van der Waals surface area contributed by atoms with Gasteiger partial charge in [0.1, 0.15) is 5.82 Å². The molecule has 2 heterocycles. The van der Waals surface area contributed by atoms with Crippen molar-refractivity contribution in [3.8, 4) is 0 Å². The van der Waals surface area contributed by atoms with Gasteiger partial charge >= 0.3 is 0 Å². The molecule has 176 valence electrons. The van der Waals surface area contributed by atoms with Crippen LogP contribution >= 0.6 is 35.7 Å². The molecule has 1 aliphatic carbocycles. The van der Waals surface area contributed by atoms with Gasteiger partial charge in [-0.05, 0) is 44.4 Å². The van der Waals surface area contributed by atoms with Gasteiger partial charge in [-0.2, -0.15) is 0 Å². The van der Waals surface area contributed by atoms with Crippen molar-refractivity contribution in [2.75, 3.05) is 32.4 Å². The number of likely N-dealkylation sites (tertiary alicyclic amines) is 1. The quantitative estimate of drug-likeness (QED) is 0.158. The van der Waals surface area contributed by atoms with Crippen LogP contribution in [-0.2, 0) is 6.42 Å². The average molecular weight is 569 g/mol. The largest absolute Gasteiger partial charge is 0.357 e. The van der Waals surface area contributed by atoms with E-state index >= 15 is 0 Å². The summed E-state index contributed by atoms with van der Waals surface area (Å²) in [5, 5.41) is 13.5. The van der Waals surface area contributed by atoms with Gasteiger partial charge in [0.25, 0.3) is 0 Å². The molecule has 2 fully saturated rings. The van der Waals surface area contributed by atoms with E-state index in [1.54, 1.807) is 11.8 Å². The van der Waals surface area contributed by atoms with Crippen molar-refractivity contribution >= 4 is 41.7 Å². The zero-order valence-corrected chi connectivity index (χ0v) is 22.5. The molecular formula is C24H37IN6S. The smallest absolute Gasteiger partial charge is 0.193 e. The van der Waals surface area contributed by atoms with Gasteiger partial charge in [0.05, 0.1) is 0 Å². The summed E-state index contributed by atoms with van der Waals surface area (Å²) in [4.78, 5) is 7.39. The zero-order chi connectivity index (χ0) is 21.5. The number of hydrogen-bond donors (Lipinski definition) is 1. The number of benzene rings is 1. The number of guanidine groups is 1. The lowest BCUT2D eigenvalue weighted by Gasteiger charge is -2.22. The predicted octanol–water partition coefficient (Wildman–Crippen LogP) is 5.12. The summed E-state index contributed by atoms with van der Waals surface area (Å²) in [6, 6.07) is 11.5. The number of thioether (sulfide) groups is 1. The summed E-state index contributed by atoms with van der Waals surface area (Å²) in [6.07, 6.45) is 10.4. The summed E-state index contributed by atoms with van der Waals surface area (Å²) in [6.45, 7) is 5.98. The van der Waals surface area contributed by atoms with Crippen molar-refractivity contribution < 1.29 is 0 Å². The first-order chi connectivity index (χ1) is 15.3. The molecule has 0 amide bonds. The highest BCUT2D eigenvalue weighted by Gasteiger charge is 2.26. The maximum atomic E-state index is 4.96. The number of rotatable bonds is 8. The van der Waals surface area contributed by atoms with Crippen LogP contribution in [0.3, 0.4) is 0 Å². The first kappa shape index (κ1) is 25.3. The molecule has 1 atom stereocenters. The summed E-state index contributed by atoms with van der Waals surface area (Å²) < 4.78 is 2.41. The second-order valence-electron chi connectivity index (χ2n) is 8.59. The fraction of sp³-hybridized carbons (Fsp3) is 0.625. The molecular weight excluding hydrogens is 531 g/mol. The van der Waals surface area contributed by atoms with Gasteiger partial charge in [0.2, 0.25) is 0 Å². The number of hydrogen-bond acceptors (Lipinski definition) is 4. The minimum absolute atomic E-state index is 0. The van der Waals surface area contributed by atoms with E-state index in [9.17, 15) is 0 Å². The topological polar surface area (TPSA) is 58.3 Å². The van der Waals surface area contributed by atoms with E-state index in [1.165, 1.54) is 37.7 Å². The van der Waals surface area contributed by atoms with E-state index in [1.807, 2.05) is 0 Å². The van der Waals surface area contributed by atoms with Gasteiger partial charge in [-0.25, -0.2) is 0 Å². The fourth-order valence-corrected chi connectivity index (χ4v) is 5.52. The molecule has 0 spiro atoms. The Kier molecular flexibility index (Phi) is 10.1. The van der Waals surface area contributed by atoms with Gasteiger partial charge in [0.15, 0.2) is 11.1 Å². The minimum atomic E-state index is 0. The van der Waals surface area contributed by atoms with E-state index < -0.39 is 0 Å². The van der Waals surface area contributed by atoms with Crippen LogP contribution in [0.2, 0.25) is 0 Å². The Labute approximate surface area is 214 Å². The van der Waals surface area contributed by atoms with Gasteiger partial charge in [-0.1, -0.05) is 54.9 Å². The lowest BCUT2D eigenvalue weighted by Crippen LogP contribution is -2.40. The Morgan fingerprint density at radius 3 is 2.66 bits per heavy atom. The molecule has 8 heteroatoms. The molecule has 2 aromatic rings. The van der Waals surface area contributed by atoms with Gasteiger partial charge in [0, 0.05) is 44.6 Å². The van der Waals surface area contributed by atoms with Gasteiger partial charge in [-0.15, -0.1) is 34.2 Å². The molecule has 1 aromatic carbocycles. The van der Waals surface area contributed by atoms with Crippen molar-refractivity contribution in [1.29, 1.82) is 0 Å². The maximum absolute atomic E-state index is 4.96. The molecule has 0 bridgehead atoms. The minimum Gasteiger partial charge on any atom is -0.357 e. The normalized spacial score (nSPS) is 19.4. The fourth-order valence-electron chi connectivity index (χ4n) is 4.94. The highest BCUT2D eigenvalue weighted by Crippen LogP contribution is 2.33. The molecule has 6 nitrogen and oxygen atoms in total. The third kappa shape index (κ3) is 6.18. The number of aromatic nitrogens is 3. The predicted molar refractivity (Wildman–Crippen MR) is 144 cm³/mol. The summed E-state index contributed by atoms with van der Waals surface area (Å²) >= 11 is 1.71. The third-order valence-electron chi connectivity index (χ3n) is 6.52. The van der Waals surface area contributed by atoms with Crippen molar-refractivity contribution in [3.05, 3.63) is 41.7 Å². The molecule has 32 heavy (non-hydrogen) atoms. The Balaban J connectivity index is 0.00000289. The molecule has 0 radical (unpaired) electrons. The molecule has 1 aromatic heterocycles.